The van der Waals surface area contributed by atoms with Gasteiger partial charge in [0.1, 0.15) is 32.8 Å². The normalized spacial score (nSPS) is 11.8. The van der Waals surface area contributed by atoms with Crippen molar-refractivity contribution in [3.63, 3.8) is 0 Å². The Morgan fingerprint density at radius 2 is 0.970 bits per heavy atom. The van der Waals surface area contributed by atoms with E-state index in [-0.39, 0.29) is 45.0 Å². The predicted molar refractivity (Wildman–Crippen MR) is 236 cm³/mol. The van der Waals surface area contributed by atoms with E-state index in [1.807, 2.05) is 0 Å². The second-order valence-electron chi connectivity index (χ2n) is 13.5. The SMILES string of the molecule is NS(=O)(=O)c1cc(NC(=O)Cc2c(Cl)cccc2C(F)(F)F)ccc1Oc1cccc(Cl)c1.NS(=O)(=O)c1cc(NC(=O)Cc2cccc(C(F)(F)F)c2Cl)ccc1Oc1cccc(Cl)c1. The van der Waals surface area contributed by atoms with Crippen LogP contribution < -0.4 is 30.4 Å². The third-order valence-electron chi connectivity index (χ3n) is 8.61. The second kappa shape index (κ2) is 20.9. The van der Waals surface area contributed by atoms with E-state index in [4.69, 9.17) is 66.2 Å². The van der Waals surface area contributed by atoms with Crippen molar-refractivity contribution in [3.8, 4) is 23.0 Å². The Balaban J connectivity index is 0.000000247. The van der Waals surface area contributed by atoms with Gasteiger partial charge in [0.05, 0.1) is 29.0 Å². The van der Waals surface area contributed by atoms with E-state index in [0.717, 1.165) is 36.4 Å². The molecular formula is C42H30Cl4F6N4O8S2. The maximum atomic E-state index is 13.2. The summed E-state index contributed by atoms with van der Waals surface area (Å²) in [6.45, 7) is 0. The first-order chi connectivity index (χ1) is 30.7. The lowest BCUT2D eigenvalue weighted by Crippen LogP contribution is -2.19. The minimum Gasteiger partial charge on any atom is -0.456 e. The summed E-state index contributed by atoms with van der Waals surface area (Å²) in [5, 5.41) is 15.2. The van der Waals surface area contributed by atoms with Gasteiger partial charge in [-0.15, -0.1) is 0 Å². The molecule has 0 aliphatic heterocycles. The quantitative estimate of drug-likeness (QED) is 0.0868. The van der Waals surface area contributed by atoms with Crippen LogP contribution in [0.5, 0.6) is 23.0 Å². The molecule has 348 valence electrons. The van der Waals surface area contributed by atoms with E-state index >= 15 is 0 Å². The molecule has 2 amide bonds. The van der Waals surface area contributed by atoms with Crippen LogP contribution >= 0.6 is 46.4 Å². The maximum absolute atomic E-state index is 13.2. The molecule has 12 nitrogen and oxygen atoms in total. The molecule has 0 fully saturated rings. The van der Waals surface area contributed by atoms with Crippen LogP contribution in [0.15, 0.2) is 131 Å². The molecule has 6 aromatic rings. The van der Waals surface area contributed by atoms with E-state index < -0.39 is 88.6 Å². The van der Waals surface area contributed by atoms with Crippen molar-refractivity contribution >= 4 is 89.6 Å². The number of benzene rings is 6. The Morgan fingerprint density at radius 3 is 1.41 bits per heavy atom. The van der Waals surface area contributed by atoms with Gasteiger partial charge in [-0.05, 0) is 102 Å². The number of sulfonamides is 2. The third-order valence-corrected chi connectivity index (χ3v) is 11.7. The topological polar surface area (TPSA) is 197 Å². The van der Waals surface area contributed by atoms with Crippen molar-refractivity contribution in [3.05, 3.63) is 164 Å². The molecule has 0 unspecified atom stereocenters. The largest absolute Gasteiger partial charge is 0.456 e. The van der Waals surface area contributed by atoms with Crippen molar-refractivity contribution in [2.75, 3.05) is 10.6 Å². The zero-order valence-electron chi connectivity index (χ0n) is 33.0. The Morgan fingerprint density at radius 1 is 0.545 bits per heavy atom. The molecule has 0 aliphatic rings. The van der Waals surface area contributed by atoms with E-state index in [0.29, 0.717) is 10.0 Å². The number of nitrogens with one attached hydrogen (secondary N) is 2. The summed E-state index contributed by atoms with van der Waals surface area (Å²) in [5.41, 5.74) is -2.55. The summed E-state index contributed by atoms with van der Waals surface area (Å²) >= 11 is 23.5. The lowest BCUT2D eigenvalue weighted by Gasteiger charge is -2.15. The molecule has 6 aromatic carbocycles. The summed E-state index contributed by atoms with van der Waals surface area (Å²) in [7, 11) is -8.56. The highest BCUT2D eigenvalue weighted by Gasteiger charge is 2.35. The number of nitrogens with two attached hydrogens (primary N) is 2. The molecule has 24 heteroatoms. The highest BCUT2D eigenvalue weighted by molar-refractivity contribution is 7.89. The molecule has 0 heterocycles. The standard InChI is InChI=1S/2C21H15Cl2F3N2O4S/c22-13-4-2-5-15(10-13)32-17-8-7-14(11-18(17)33(27,30)31)28-19(29)9-12-3-1-6-16(20(12)23)21(24,25)26;22-12-3-1-4-14(9-12)32-18-8-7-13(10-19(18)33(27,30)31)28-20(29)11-15-16(21(24,25)26)5-2-6-17(15)23/h1-8,10-11H,9H2,(H,28,29)(H2,27,30,31);1-10H,11H2,(H,28,29)(H2,27,30,31). The average molecular weight is 1040 g/mol. The minimum atomic E-state index is -4.71. The van der Waals surface area contributed by atoms with Crippen molar-refractivity contribution in [2.45, 2.75) is 35.0 Å². The summed E-state index contributed by atoms with van der Waals surface area (Å²) in [5.74, 6) is -1.33. The van der Waals surface area contributed by atoms with Crippen LogP contribution in [0, 0.1) is 0 Å². The van der Waals surface area contributed by atoms with Gasteiger partial charge in [0.15, 0.2) is 0 Å². The lowest BCUT2D eigenvalue weighted by atomic mass is 10.0. The van der Waals surface area contributed by atoms with Gasteiger partial charge in [-0.2, -0.15) is 26.3 Å². The fourth-order valence-corrected chi connectivity index (χ4v) is 8.05. The van der Waals surface area contributed by atoms with Crippen molar-refractivity contribution in [1.29, 1.82) is 0 Å². The predicted octanol–water partition coefficient (Wildman–Crippen LogP) is 11.3. The zero-order valence-corrected chi connectivity index (χ0v) is 37.6. The molecule has 0 radical (unpaired) electrons. The molecule has 6 N–H and O–H groups in total. The first kappa shape index (κ1) is 51.4. The smallest absolute Gasteiger partial charge is 0.417 e. The van der Waals surface area contributed by atoms with Crippen LogP contribution in [0.4, 0.5) is 37.7 Å². The Hall–Kier alpha value is -5.58. The first-order valence-corrected chi connectivity index (χ1v) is 22.8. The van der Waals surface area contributed by atoms with Crippen LogP contribution in [-0.2, 0) is 54.8 Å². The zero-order chi connectivity index (χ0) is 48.8. The number of ether oxygens (including phenoxy) is 2. The molecule has 6 rings (SSSR count). The molecular weight excluding hydrogens is 1010 g/mol. The van der Waals surface area contributed by atoms with Gasteiger partial charge < -0.3 is 20.1 Å². The van der Waals surface area contributed by atoms with Gasteiger partial charge in [-0.3, -0.25) is 9.59 Å². The summed E-state index contributed by atoms with van der Waals surface area (Å²) in [6, 6.07) is 26.1. The second-order valence-corrected chi connectivity index (χ2v) is 18.2. The summed E-state index contributed by atoms with van der Waals surface area (Å²) < 4.78 is 138. The van der Waals surface area contributed by atoms with Gasteiger partial charge in [-0.1, -0.05) is 76.7 Å². The molecule has 0 saturated heterocycles. The number of hydrogen-bond donors (Lipinski definition) is 4. The number of hydrogen-bond acceptors (Lipinski definition) is 8. The summed E-state index contributed by atoms with van der Waals surface area (Å²) in [6.07, 6.45) is -10.6. The van der Waals surface area contributed by atoms with E-state index in [9.17, 15) is 52.8 Å². The molecule has 0 aromatic heterocycles. The van der Waals surface area contributed by atoms with E-state index in [1.54, 1.807) is 30.3 Å². The van der Waals surface area contributed by atoms with Crippen molar-refractivity contribution in [1.82, 2.24) is 0 Å². The number of rotatable bonds is 12. The number of carbonyl (C=O) groups is 2. The first-order valence-electron chi connectivity index (χ1n) is 18.2. The number of primary sulfonamides is 2. The lowest BCUT2D eigenvalue weighted by molar-refractivity contribution is -0.138. The number of amides is 2. The van der Waals surface area contributed by atoms with Gasteiger partial charge in [-0.25, -0.2) is 27.1 Å². The van der Waals surface area contributed by atoms with Crippen molar-refractivity contribution < 1.29 is 62.2 Å². The molecule has 0 saturated carbocycles. The minimum absolute atomic E-state index is 0.0249. The molecule has 0 spiro atoms. The molecule has 66 heavy (non-hydrogen) atoms. The molecule has 0 atom stereocenters. The Labute approximate surface area is 392 Å². The number of alkyl halides is 6. The van der Waals surface area contributed by atoms with Gasteiger partial charge in [0.2, 0.25) is 31.9 Å². The molecule has 0 aliphatic carbocycles. The third kappa shape index (κ3) is 14.2. The highest BCUT2D eigenvalue weighted by Crippen LogP contribution is 2.38. The van der Waals surface area contributed by atoms with Crippen LogP contribution in [-0.4, -0.2) is 28.6 Å². The van der Waals surface area contributed by atoms with Crippen LogP contribution in [0.3, 0.4) is 0 Å². The number of anilines is 2. The fourth-order valence-electron chi connectivity index (χ4n) is 5.78. The van der Waals surface area contributed by atoms with E-state index in [1.165, 1.54) is 54.6 Å². The number of carbonyl (C=O) groups excluding carboxylic acids is 2. The number of halogens is 10. The summed E-state index contributed by atoms with van der Waals surface area (Å²) in [4.78, 5) is 23.9. The van der Waals surface area contributed by atoms with Gasteiger partial charge in [0, 0.05) is 26.4 Å². The monoisotopic (exact) mass is 1040 g/mol. The van der Waals surface area contributed by atoms with Crippen LogP contribution in [0.25, 0.3) is 0 Å². The fraction of sp³-hybridized carbons (Fsp3) is 0.0952. The van der Waals surface area contributed by atoms with Crippen LogP contribution in [0.1, 0.15) is 22.3 Å². The van der Waals surface area contributed by atoms with Gasteiger partial charge >= 0.3 is 12.4 Å². The highest BCUT2D eigenvalue weighted by atomic mass is 35.5. The Bertz CT molecular complexity index is 3040. The average Bonchev–Trinajstić information content (AvgIpc) is 3.19. The van der Waals surface area contributed by atoms with Gasteiger partial charge in [0.25, 0.3) is 0 Å². The Kier molecular flexibility index (Phi) is 16.3. The molecule has 0 bridgehead atoms. The maximum Gasteiger partial charge on any atom is 0.417 e. The van der Waals surface area contributed by atoms with E-state index in [2.05, 4.69) is 10.6 Å². The van der Waals surface area contributed by atoms with Crippen LogP contribution in [0.2, 0.25) is 20.1 Å². The van der Waals surface area contributed by atoms with Crippen molar-refractivity contribution in [2.24, 2.45) is 10.3 Å².